The van der Waals surface area contributed by atoms with Crippen molar-refractivity contribution in [3.8, 4) is 17.0 Å². The van der Waals surface area contributed by atoms with E-state index >= 15 is 0 Å². The SMILES string of the molecule is COc1ccc(-c2csc(NC(=O)C(Sc3cccc(NC(=O)/C(=C\c4cccc(C)c4)NC(=O)c4ccccc4)c3)c3ccccc3)n2)cc1. The van der Waals surface area contributed by atoms with E-state index in [9.17, 15) is 14.4 Å². The van der Waals surface area contributed by atoms with Crippen molar-refractivity contribution in [2.45, 2.75) is 17.1 Å². The van der Waals surface area contributed by atoms with Gasteiger partial charge in [0.2, 0.25) is 5.91 Å². The molecule has 0 saturated heterocycles. The zero-order chi connectivity index (χ0) is 35.6. The number of carbonyl (C=O) groups is 3. The normalized spacial score (nSPS) is 11.7. The number of rotatable bonds is 12. The number of thiazole rings is 1. The summed E-state index contributed by atoms with van der Waals surface area (Å²) in [5, 5.41) is 10.5. The van der Waals surface area contributed by atoms with Crippen molar-refractivity contribution in [1.82, 2.24) is 10.3 Å². The number of nitrogens with one attached hydrogen (secondary N) is 3. The number of thioether (sulfide) groups is 1. The Morgan fingerprint density at radius 1 is 0.804 bits per heavy atom. The predicted molar refractivity (Wildman–Crippen MR) is 206 cm³/mol. The molecule has 10 heteroatoms. The number of hydrogen-bond donors (Lipinski definition) is 3. The van der Waals surface area contributed by atoms with Crippen molar-refractivity contribution in [3.05, 3.63) is 167 Å². The highest BCUT2D eigenvalue weighted by Gasteiger charge is 2.24. The molecular weight excluding hydrogens is 677 g/mol. The third kappa shape index (κ3) is 9.39. The van der Waals surface area contributed by atoms with Gasteiger partial charge in [-0.15, -0.1) is 23.1 Å². The smallest absolute Gasteiger partial charge is 0.272 e. The highest BCUT2D eigenvalue weighted by atomic mass is 32.2. The minimum Gasteiger partial charge on any atom is -0.497 e. The Bertz CT molecular complexity index is 2170. The average molecular weight is 711 g/mol. The molecule has 5 aromatic carbocycles. The van der Waals surface area contributed by atoms with E-state index in [1.807, 2.05) is 109 Å². The van der Waals surface area contributed by atoms with E-state index in [0.717, 1.165) is 38.6 Å². The lowest BCUT2D eigenvalue weighted by atomic mass is 10.1. The minimum atomic E-state index is -0.618. The second-order valence-corrected chi connectivity index (χ2v) is 13.5. The molecule has 6 rings (SSSR count). The van der Waals surface area contributed by atoms with Gasteiger partial charge in [-0.3, -0.25) is 14.4 Å². The van der Waals surface area contributed by atoms with Crippen LogP contribution in [0.3, 0.4) is 0 Å². The van der Waals surface area contributed by atoms with Crippen molar-refractivity contribution in [3.63, 3.8) is 0 Å². The van der Waals surface area contributed by atoms with Crippen molar-refractivity contribution in [2.24, 2.45) is 0 Å². The Hall–Kier alpha value is -5.97. The first-order chi connectivity index (χ1) is 24.8. The molecular formula is C41H34N4O4S2. The Morgan fingerprint density at radius 3 is 2.25 bits per heavy atom. The maximum atomic E-state index is 13.8. The van der Waals surface area contributed by atoms with Gasteiger partial charge in [-0.2, -0.15) is 0 Å². The van der Waals surface area contributed by atoms with Crippen molar-refractivity contribution >= 4 is 57.7 Å². The van der Waals surface area contributed by atoms with Gasteiger partial charge in [0, 0.05) is 27.1 Å². The molecule has 0 saturated carbocycles. The van der Waals surface area contributed by atoms with E-state index in [2.05, 4.69) is 20.9 Å². The third-order valence-corrected chi connectivity index (χ3v) is 9.69. The molecule has 1 aromatic heterocycles. The van der Waals surface area contributed by atoms with Crippen molar-refractivity contribution in [1.29, 1.82) is 0 Å². The van der Waals surface area contributed by atoms with Gasteiger partial charge in [0.1, 0.15) is 16.7 Å². The number of amides is 3. The first-order valence-electron chi connectivity index (χ1n) is 16.0. The first-order valence-corrected chi connectivity index (χ1v) is 17.8. The lowest BCUT2D eigenvalue weighted by molar-refractivity contribution is -0.116. The van der Waals surface area contributed by atoms with E-state index < -0.39 is 17.1 Å². The fourth-order valence-corrected chi connectivity index (χ4v) is 6.95. The lowest BCUT2D eigenvalue weighted by Crippen LogP contribution is -2.30. The standard InChI is InChI=1S/C41H34N4O4S2/c1-27-11-9-12-28(23-27)24-35(43-38(46)31-15-7-4-8-16-31)39(47)42-32-17-10-18-34(25-32)51-37(30-13-5-3-6-14-30)40(48)45-41-44-36(26-50-41)29-19-21-33(49-2)22-20-29/h3-26,37H,1-2H3,(H,42,47)(H,43,46)(H,44,45,48)/b35-24+. The van der Waals surface area contributed by atoms with Crippen LogP contribution in [0.4, 0.5) is 10.8 Å². The maximum Gasteiger partial charge on any atom is 0.272 e. The number of aryl methyl sites for hydroxylation is 1. The maximum absolute atomic E-state index is 13.8. The summed E-state index contributed by atoms with van der Waals surface area (Å²) < 4.78 is 5.26. The second kappa shape index (κ2) is 16.6. The van der Waals surface area contributed by atoms with Gasteiger partial charge in [-0.25, -0.2) is 4.98 Å². The number of aromatic nitrogens is 1. The Labute approximate surface area is 304 Å². The number of anilines is 2. The summed E-state index contributed by atoms with van der Waals surface area (Å²) in [6.07, 6.45) is 1.65. The van der Waals surface area contributed by atoms with E-state index in [1.165, 1.54) is 23.1 Å². The average Bonchev–Trinajstić information content (AvgIpc) is 3.62. The molecule has 0 bridgehead atoms. The first kappa shape index (κ1) is 34.9. The molecule has 1 unspecified atom stereocenters. The van der Waals surface area contributed by atoms with Gasteiger partial charge < -0.3 is 20.7 Å². The van der Waals surface area contributed by atoms with Gasteiger partial charge >= 0.3 is 0 Å². The van der Waals surface area contributed by atoms with Crippen LogP contribution in [0.15, 0.2) is 149 Å². The van der Waals surface area contributed by atoms with E-state index in [1.54, 1.807) is 49.6 Å². The van der Waals surface area contributed by atoms with Crippen LogP contribution >= 0.6 is 23.1 Å². The number of benzene rings is 5. The Morgan fingerprint density at radius 2 is 1.53 bits per heavy atom. The second-order valence-electron chi connectivity index (χ2n) is 11.4. The van der Waals surface area contributed by atoms with Crippen LogP contribution in [-0.2, 0) is 9.59 Å². The monoisotopic (exact) mass is 710 g/mol. The lowest BCUT2D eigenvalue weighted by Gasteiger charge is -2.17. The quantitative estimate of drug-likeness (QED) is 0.0864. The van der Waals surface area contributed by atoms with E-state index in [0.29, 0.717) is 16.4 Å². The summed E-state index contributed by atoms with van der Waals surface area (Å²) in [6, 6.07) is 40.7. The topological polar surface area (TPSA) is 109 Å². The van der Waals surface area contributed by atoms with Crippen molar-refractivity contribution in [2.75, 3.05) is 17.7 Å². The van der Waals surface area contributed by atoms with Gasteiger partial charge in [0.05, 0.1) is 12.8 Å². The van der Waals surface area contributed by atoms with Crippen LogP contribution in [-0.4, -0.2) is 29.8 Å². The van der Waals surface area contributed by atoms with Gasteiger partial charge in [0.15, 0.2) is 5.13 Å². The molecule has 0 aliphatic rings. The largest absolute Gasteiger partial charge is 0.497 e. The van der Waals surface area contributed by atoms with Crippen LogP contribution in [0.1, 0.15) is 32.3 Å². The summed E-state index contributed by atoms with van der Waals surface area (Å²) in [6.45, 7) is 1.96. The number of nitrogens with zero attached hydrogens (tertiary/aromatic N) is 1. The fraction of sp³-hybridized carbons (Fsp3) is 0.0732. The molecule has 0 aliphatic carbocycles. The molecule has 51 heavy (non-hydrogen) atoms. The van der Waals surface area contributed by atoms with Crippen LogP contribution in [0, 0.1) is 6.92 Å². The molecule has 3 amide bonds. The number of carbonyl (C=O) groups excluding carboxylic acids is 3. The molecule has 254 valence electrons. The number of ether oxygens (including phenoxy) is 1. The zero-order valence-corrected chi connectivity index (χ0v) is 29.5. The minimum absolute atomic E-state index is 0.0894. The van der Waals surface area contributed by atoms with Crippen molar-refractivity contribution < 1.29 is 19.1 Å². The molecule has 8 nitrogen and oxygen atoms in total. The summed E-state index contributed by atoms with van der Waals surface area (Å²) in [7, 11) is 1.62. The number of hydrogen-bond acceptors (Lipinski definition) is 7. The Balaban J connectivity index is 1.20. The third-order valence-electron chi connectivity index (χ3n) is 7.69. The predicted octanol–water partition coefficient (Wildman–Crippen LogP) is 9.01. The summed E-state index contributed by atoms with van der Waals surface area (Å²) in [4.78, 5) is 46.0. The van der Waals surface area contributed by atoms with Crippen LogP contribution in [0.25, 0.3) is 17.3 Å². The van der Waals surface area contributed by atoms with Crippen LogP contribution < -0.4 is 20.7 Å². The molecule has 3 N–H and O–H groups in total. The number of methoxy groups -OCH3 is 1. The molecule has 0 radical (unpaired) electrons. The molecule has 0 fully saturated rings. The van der Waals surface area contributed by atoms with Gasteiger partial charge in [0.25, 0.3) is 11.8 Å². The van der Waals surface area contributed by atoms with E-state index in [-0.39, 0.29) is 11.6 Å². The molecule has 6 aromatic rings. The molecule has 0 spiro atoms. The van der Waals surface area contributed by atoms with Gasteiger partial charge in [-0.1, -0.05) is 84.4 Å². The molecule has 1 atom stereocenters. The fourth-order valence-electron chi connectivity index (χ4n) is 5.15. The van der Waals surface area contributed by atoms with Gasteiger partial charge in [-0.05, 0) is 78.7 Å². The molecule has 0 aliphatic heterocycles. The van der Waals surface area contributed by atoms with E-state index in [4.69, 9.17) is 4.74 Å². The van der Waals surface area contributed by atoms with Crippen LogP contribution in [0.2, 0.25) is 0 Å². The Kier molecular flexibility index (Phi) is 11.4. The highest BCUT2D eigenvalue weighted by molar-refractivity contribution is 8.00. The van der Waals surface area contributed by atoms with Crippen LogP contribution in [0.5, 0.6) is 5.75 Å². The summed E-state index contributed by atoms with van der Waals surface area (Å²) >= 11 is 2.70. The highest BCUT2D eigenvalue weighted by Crippen LogP contribution is 2.38. The molecule has 1 heterocycles. The summed E-state index contributed by atoms with van der Waals surface area (Å²) in [5.41, 5.74) is 5.29. The summed E-state index contributed by atoms with van der Waals surface area (Å²) in [5.74, 6) is -0.370. The zero-order valence-electron chi connectivity index (χ0n) is 27.8.